The first-order chi connectivity index (χ1) is 9.10. The minimum absolute atomic E-state index is 0.461. The number of ether oxygens (including phenoxy) is 1. The van der Waals surface area contributed by atoms with Gasteiger partial charge in [-0.25, -0.2) is 4.98 Å². The Labute approximate surface area is 125 Å². The summed E-state index contributed by atoms with van der Waals surface area (Å²) in [6.07, 6.45) is 0. The monoisotopic (exact) mass is 340 g/mol. The van der Waals surface area contributed by atoms with Gasteiger partial charge in [0.1, 0.15) is 12.4 Å². The van der Waals surface area contributed by atoms with Crippen molar-refractivity contribution >= 4 is 27.3 Å². The molecule has 0 fully saturated rings. The van der Waals surface area contributed by atoms with Gasteiger partial charge in [0, 0.05) is 27.9 Å². The second-order valence-corrected chi connectivity index (χ2v) is 6.38. The van der Waals surface area contributed by atoms with Gasteiger partial charge in [0.25, 0.3) is 0 Å². The Bertz CT molecular complexity index is 554. The van der Waals surface area contributed by atoms with E-state index in [1.165, 1.54) is 0 Å². The van der Waals surface area contributed by atoms with E-state index in [2.05, 4.69) is 40.1 Å². The minimum Gasteiger partial charge on any atom is -0.487 e. The molecule has 0 atom stereocenters. The highest BCUT2D eigenvalue weighted by Crippen LogP contribution is 2.25. The van der Waals surface area contributed by atoms with E-state index in [9.17, 15) is 0 Å². The van der Waals surface area contributed by atoms with Gasteiger partial charge in [0.2, 0.25) is 0 Å². The molecule has 1 aromatic carbocycles. The standard InChI is InChI=1S/C14H17BrN2OS/c1-9(2)14-17-12(8-19-14)7-18-13-4-3-11(15)5-10(13)6-16/h3-5,8-9H,6-7,16H2,1-2H3. The van der Waals surface area contributed by atoms with E-state index in [1.54, 1.807) is 11.3 Å². The second-order valence-electron chi connectivity index (χ2n) is 4.58. The molecule has 3 nitrogen and oxygen atoms in total. The first-order valence-electron chi connectivity index (χ1n) is 6.15. The molecular weight excluding hydrogens is 324 g/mol. The summed E-state index contributed by atoms with van der Waals surface area (Å²) in [6.45, 7) is 5.23. The first-order valence-corrected chi connectivity index (χ1v) is 7.83. The van der Waals surface area contributed by atoms with Crippen molar-refractivity contribution in [2.24, 2.45) is 5.73 Å². The highest BCUT2D eigenvalue weighted by molar-refractivity contribution is 9.10. The molecule has 0 aliphatic carbocycles. The molecule has 2 rings (SSSR count). The molecule has 0 amide bonds. The molecule has 102 valence electrons. The first kappa shape index (κ1) is 14.5. The van der Waals surface area contributed by atoms with Crippen molar-refractivity contribution in [1.82, 2.24) is 4.98 Å². The molecule has 19 heavy (non-hydrogen) atoms. The Morgan fingerprint density at radius 3 is 2.84 bits per heavy atom. The maximum atomic E-state index is 5.81. The molecule has 2 N–H and O–H groups in total. The van der Waals surface area contributed by atoms with Gasteiger partial charge < -0.3 is 10.5 Å². The lowest BCUT2D eigenvalue weighted by Gasteiger charge is -2.09. The summed E-state index contributed by atoms with van der Waals surface area (Å²) in [5, 5.41) is 3.20. The molecule has 0 aliphatic rings. The molecule has 0 aliphatic heterocycles. The average Bonchev–Trinajstić information content (AvgIpc) is 2.86. The van der Waals surface area contributed by atoms with Gasteiger partial charge in [0.05, 0.1) is 10.7 Å². The molecule has 1 heterocycles. The van der Waals surface area contributed by atoms with Crippen LogP contribution in [0.5, 0.6) is 5.75 Å². The van der Waals surface area contributed by atoms with Crippen LogP contribution in [0.25, 0.3) is 0 Å². The summed E-state index contributed by atoms with van der Waals surface area (Å²) in [5.41, 5.74) is 7.68. The number of hydrogen-bond acceptors (Lipinski definition) is 4. The van der Waals surface area contributed by atoms with Crippen LogP contribution in [0.4, 0.5) is 0 Å². The minimum atomic E-state index is 0.461. The van der Waals surface area contributed by atoms with Crippen molar-refractivity contribution in [3.8, 4) is 5.75 Å². The van der Waals surface area contributed by atoms with Gasteiger partial charge in [-0.2, -0.15) is 0 Å². The maximum absolute atomic E-state index is 5.81. The fraction of sp³-hybridized carbons (Fsp3) is 0.357. The number of nitrogens with two attached hydrogens (primary N) is 1. The third kappa shape index (κ3) is 3.78. The predicted octanol–water partition coefficient (Wildman–Crippen LogP) is 4.07. The number of benzene rings is 1. The smallest absolute Gasteiger partial charge is 0.131 e. The van der Waals surface area contributed by atoms with Crippen molar-refractivity contribution in [3.63, 3.8) is 0 Å². The second kappa shape index (κ2) is 6.50. The zero-order valence-electron chi connectivity index (χ0n) is 11.0. The third-order valence-corrected chi connectivity index (χ3v) is 4.37. The van der Waals surface area contributed by atoms with Crippen LogP contribution in [-0.2, 0) is 13.2 Å². The normalized spacial score (nSPS) is 11.0. The Morgan fingerprint density at radius 1 is 1.42 bits per heavy atom. The molecule has 0 bridgehead atoms. The number of thiazole rings is 1. The van der Waals surface area contributed by atoms with E-state index >= 15 is 0 Å². The van der Waals surface area contributed by atoms with Gasteiger partial charge >= 0.3 is 0 Å². The Kier molecular flexibility index (Phi) is 4.96. The molecule has 0 spiro atoms. The summed E-state index contributed by atoms with van der Waals surface area (Å²) in [7, 11) is 0. The van der Waals surface area contributed by atoms with Gasteiger partial charge in [-0.05, 0) is 18.2 Å². The number of hydrogen-bond donors (Lipinski definition) is 1. The summed E-state index contributed by atoms with van der Waals surface area (Å²) in [4.78, 5) is 4.55. The van der Waals surface area contributed by atoms with Crippen LogP contribution in [-0.4, -0.2) is 4.98 Å². The van der Waals surface area contributed by atoms with Crippen molar-refractivity contribution in [2.75, 3.05) is 0 Å². The molecule has 0 unspecified atom stereocenters. The van der Waals surface area contributed by atoms with E-state index in [-0.39, 0.29) is 0 Å². The number of halogens is 1. The number of rotatable bonds is 5. The fourth-order valence-corrected chi connectivity index (χ4v) is 2.88. The van der Waals surface area contributed by atoms with Crippen LogP contribution in [0.1, 0.15) is 36.0 Å². The van der Waals surface area contributed by atoms with Crippen molar-refractivity contribution in [1.29, 1.82) is 0 Å². The van der Waals surface area contributed by atoms with Crippen LogP contribution in [0, 0.1) is 0 Å². The van der Waals surface area contributed by atoms with E-state index < -0.39 is 0 Å². The molecular formula is C14H17BrN2OS. The number of aromatic nitrogens is 1. The Hall–Kier alpha value is -0.910. The topological polar surface area (TPSA) is 48.1 Å². The zero-order valence-corrected chi connectivity index (χ0v) is 13.4. The Balaban J connectivity index is 2.05. The lowest BCUT2D eigenvalue weighted by atomic mass is 10.2. The zero-order chi connectivity index (χ0) is 13.8. The third-order valence-electron chi connectivity index (χ3n) is 2.68. The molecule has 0 radical (unpaired) electrons. The predicted molar refractivity (Wildman–Crippen MR) is 82.6 cm³/mol. The lowest BCUT2D eigenvalue weighted by Crippen LogP contribution is -2.03. The SMILES string of the molecule is CC(C)c1nc(COc2ccc(Br)cc2CN)cs1. The molecule has 0 saturated carbocycles. The van der Waals surface area contributed by atoms with Gasteiger partial charge in [-0.15, -0.1) is 11.3 Å². The van der Waals surface area contributed by atoms with E-state index in [0.717, 1.165) is 26.5 Å². The summed E-state index contributed by atoms with van der Waals surface area (Å²) < 4.78 is 6.82. The van der Waals surface area contributed by atoms with Crippen LogP contribution in [0.2, 0.25) is 0 Å². The largest absolute Gasteiger partial charge is 0.487 e. The Morgan fingerprint density at radius 2 is 2.21 bits per heavy atom. The van der Waals surface area contributed by atoms with Crippen LogP contribution in [0.3, 0.4) is 0 Å². The van der Waals surface area contributed by atoms with Gasteiger partial charge in [0.15, 0.2) is 0 Å². The average molecular weight is 341 g/mol. The van der Waals surface area contributed by atoms with E-state index in [0.29, 0.717) is 19.1 Å². The highest BCUT2D eigenvalue weighted by Gasteiger charge is 2.08. The lowest BCUT2D eigenvalue weighted by molar-refractivity contribution is 0.298. The molecule has 0 saturated heterocycles. The van der Waals surface area contributed by atoms with Crippen molar-refractivity contribution in [2.45, 2.75) is 32.9 Å². The highest BCUT2D eigenvalue weighted by atomic mass is 79.9. The van der Waals surface area contributed by atoms with Gasteiger partial charge in [-0.1, -0.05) is 29.8 Å². The van der Waals surface area contributed by atoms with E-state index in [4.69, 9.17) is 10.5 Å². The van der Waals surface area contributed by atoms with Crippen molar-refractivity contribution in [3.05, 3.63) is 44.3 Å². The molecule has 2 aromatic rings. The van der Waals surface area contributed by atoms with Crippen LogP contribution >= 0.6 is 27.3 Å². The van der Waals surface area contributed by atoms with Crippen LogP contribution in [0.15, 0.2) is 28.1 Å². The summed E-state index contributed by atoms with van der Waals surface area (Å²) in [5.74, 6) is 1.29. The molecule has 1 aromatic heterocycles. The number of nitrogens with zero attached hydrogens (tertiary/aromatic N) is 1. The van der Waals surface area contributed by atoms with Crippen molar-refractivity contribution < 1.29 is 4.74 Å². The van der Waals surface area contributed by atoms with Crippen LogP contribution < -0.4 is 10.5 Å². The van der Waals surface area contributed by atoms with E-state index in [1.807, 2.05) is 18.2 Å². The maximum Gasteiger partial charge on any atom is 0.131 e. The van der Waals surface area contributed by atoms with Gasteiger partial charge in [-0.3, -0.25) is 0 Å². The molecule has 5 heteroatoms. The quantitative estimate of drug-likeness (QED) is 0.892. The summed E-state index contributed by atoms with van der Waals surface area (Å²) >= 11 is 5.11. The fourth-order valence-electron chi connectivity index (χ4n) is 1.65. The summed E-state index contributed by atoms with van der Waals surface area (Å²) in [6, 6.07) is 5.87.